The predicted molar refractivity (Wildman–Crippen MR) is 126 cm³/mol. The normalized spacial score (nSPS) is 18.6. The van der Waals surface area contributed by atoms with Crippen LogP contribution in [-0.4, -0.2) is 50.3 Å². The van der Waals surface area contributed by atoms with Gasteiger partial charge >= 0.3 is 0 Å². The van der Waals surface area contributed by atoms with E-state index >= 15 is 0 Å². The average molecular weight is 488 g/mol. The number of hydrogen-bond acceptors (Lipinski definition) is 6. The number of carbonyl (C=O) groups excluding carboxylic acids is 2. The number of amides is 2. The third kappa shape index (κ3) is 5.51. The van der Waals surface area contributed by atoms with E-state index in [9.17, 15) is 18.0 Å². The summed E-state index contributed by atoms with van der Waals surface area (Å²) in [5.74, 6) is 0.254. The Kier molecular flexibility index (Phi) is 7.08. The van der Waals surface area contributed by atoms with Crippen LogP contribution in [0.2, 0.25) is 0 Å². The summed E-state index contributed by atoms with van der Waals surface area (Å²) in [6.45, 7) is 4.62. The van der Waals surface area contributed by atoms with Crippen LogP contribution in [0.15, 0.2) is 47.4 Å². The summed E-state index contributed by atoms with van der Waals surface area (Å²) in [7, 11) is -3.83. The second-order valence-electron chi connectivity index (χ2n) is 8.73. The Morgan fingerprint density at radius 2 is 2.00 bits per heavy atom. The summed E-state index contributed by atoms with van der Waals surface area (Å²) in [5.41, 5.74) is 1.26. The molecule has 2 aliphatic heterocycles. The topological polar surface area (TPSA) is 114 Å². The Morgan fingerprint density at radius 1 is 1.24 bits per heavy atom. The molecule has 0 aliphatic carbocycles. The zero-order valence-electron chi connectivity index (χ0n) is 19.2. The van der Waals surface area contributed by atoms with Gasteiger partial charge < -0.3 is 20.1 Å². The molecule has 2 aliphatic rings. The van der Waals surface area contributed by atoms with Crippen LogP contribution in [-0.2, 0) is 26.2 Å². The molecule has 0 radical (unpaired) electrons. The first-order chi connectivity index (χ1) is 16.2. The maximum Gasteiger partial charge on any atom is 0.262 e. The maximum absolute atomic E-state index is 13.2. The van der Waals surface area contributed by atoms with Gasteiger partial charge in [-0.1, -0.05) is 12.1 Å². The third-order valence-electron chi connectivity index (χ3n) is 5.74. The first-order valence-electron chi connectivity index (χ1n) is 11.3. The molecule has 1 saturated heterocycles. The molecule has 2 amide bonds. The van der Waals surface area contributed by atoms with Crippen LogP contribution in [0.3, 0.4) is 0 Å². The van der Waals surface area contributed by atoms with Gasteiger partial charge in [-0.15, -0.1) is 0 Å². The van der Waals surface area contributed by atoms with Crippen LogP contribution < -0.4 is 20.1 Å². The molecule has 9 nitrogen and oxygen atoms in total. The number of rotatable bonds is 7. The summed E-state index contributed by atoms with van der Waals surface area (Å²) < 4.78 is 38.7. The van der Waals surface area contributed by atoms with Gasteiger partial charge in [0.2, 0.25) is 15.9 Å². The first-order valence-corrected chi connectivity index (χ1v) is 12.8. The van der Waals surface area contributed by atoms with Gasteiger partial charge in [-0.25, -0.2) is 8.42 Å². The second kappa shape index (κ2) is 10.0. The second-order valence-corrected chi connectivity index (χ2v) is 10.7. The molecular weight excluding hydrogens is 458 g/mol. The van der Waals surface area contributed by atoms with E-state index in [0.717, 1.165) is 11.3 Å². The van der Waals surface area contributed by atoms with Crippen LogP contribution in [0.4, 0.5) is 5.69 Å². The molecule has 2 N–H and O–H groups in total. The molecule has 0 saturated carbocycles. The number of piperidine rings is 1. The molecule has 2 aromatic rings. The number of nitrogens with one attached hydrogen (secondary N) is 2. The summed E-state index contributed by atoms with van der Waals surface area (Å²) in [6.07, 6.45) is 1.29. The van der Waals surface area contributed by atoms with Crippen molar-refractivity contribution in [3.05, 3.63) is 48.0 Å². The lowest BCUT2D eigenvalue weighted by Crippen LogP contribution is -2.45. The van der Waals surface area contributed by atoms with Gasteiger partial charge in [0.1, 0.15) is 11.5 Å². The van der Waals surface area contributed by atoms with E-state index in [1.165, 1.54) is 22.5 Å². The highest BCUT2D eigenvalue weighted by Gasteiger charge is 2.34. The van der Waals surface area contributed by atoms with Crippen LogP contribution in [0.1, 0.15) is 32.3 Å². The zero-order chi connectivity index (χ0) is 24.3. The Morgan fingerprint density at radius 3 is 2.74 bits per heavy atom. The lowest BCUT2D eigenvalue weighted by atomic mass is 9.99. The number of benzene rings is 2. The summed E-state index contributed by atoms with van der Waals surface area (Å²) in [4.78, 5) is 24.4. The number of ether oxygens (including phenoxy) is 2. The molecule has 1 fully saturated rings. The van der Waals surface area contributed by atoms with Gasteiger partial charge in [-0.2, -0.15) is 4.31 Å². The maximum atomic E-state index is 13.2. The monoisotopic (exact) mass is 487 g/mol. The highest BCUT2D eigenvalue weighted by atomic mass is 32.2. The lowest BCUT2D eigenvalue weighted by molar-refractivity contribution is -0.126. The highest BCUT2D eigenvalue weighted by Crippen LogP contribution is 2.32. The molecule has 10 heteroatoms. The van der Waals surface area contributed by atoms with E-state index in [1.807, 2.05) is 38.1 Å². The molecule has 2 aromatic carbocycles. The molecule has 1 unspecified atom stereocenters. The molecule has 2 heterocycles. The standard InChI is InChI=1S/C24H29N3O6S/c1-16(2)33-19-7-5-17(6-8-19)13-25-24(29)18-4-3-11-27(14-18)34(30,31)20-9-10-22-21(12-20)26-23(28)15-32-22/h5-10,12,16,18H,3-4,11,13-15H2,1-2H3,(H,25,29)(H,26,28). The number of hydrogen-bond donors (Lipinski definition) is 2. The first kappa shape index (κ1) is 24.0. The summed E-state index contributed by atoms with van der Waals surface area (Å²) >= 11 is 0. The number of anilines is 1. The van der Waals surface area contributed by atoms with Crippen LogP contribution >= 0.6 is 0 Å². The van der Waals surface area contributed by atoms with Crippen molar-refractivity contribution in [2.45, 2.75) is 44.2 Å². The van der Waals surface area contributed by atoms with Crippen molar-refractivity contribution < 1.29 is 27.5 Å². The fourth-order valence-electron chi connectivity index (χ4n) is 4.04. The zero-order valence-corrected chi connectivity index (χ0v) is 20.1. The molecule has 182 valence electrons. The van der Waals surface area contributed by atoms with Crippen molar-refractivity contribution >= 4 is 27.5 Å². The Labute approximate surface area is 199 Å². The molecule has 4 rings (SSSR count). The van der Waals surface area contributed by atoms with Gasteiger partial charge in [0.05, 0.1) is 22.6 Å². The van der Waals surface area contributed by atoms with Gasteiger partial charge in [-0.05, 0) is 62.6 Å². The van der Waals surface area contributed by atoms with Crippen molar-refractivity contribution in [2.75, 3.05) is 25.0 Å². The van der Waals surface area contributed by atoms with E-state index in [-0.39, 0.29) is 36.0 Å². The van der Waals surface area contributed by atoms with E-state index < -0.39 is 15.9 Å². The molecule has 1 atom stereocenters. The number of carbonyl (C=O) groups is 2. The largest absolute Gasteiger partial charge is 0.491 e. The number of fused-ring (bicyclic) bond motifs is 1. The van der Waals surface area contributed by atoms with E-state index in [2.05, 4.69) is 10.6 Å². The van der Waals surface area contributed by atoms with Crippen LogP contribution in [0, 0.1) is 5.92 Å². The van der Waals surface area contributed by atoms with Crippen molar-refractivity contribution in [3.63, 3.8) is 0 Å². The molecule has 34 heavy (non-hydrogen) atoms. The quantitative estimate of drug-likeness (QED) is 0.620. The van der Waals surface area contributed by atoms with Gasteiger partial charge in [0, 0.05) is 19.6 Å². The van der Waals surface area contributed by atoms with E-state index in [4.69, 9.17) is 9.47 Å². The summed E-state index contributed by atoms with van der Waals surface area (Å²) in [6, 6.07) is 11.9. The van der Waals surface area contributed by atoms with E-state index in [1.54, 1.807) is 0 Å². The molecule has 0 aromatic heterocycles. The van der Waals surface area contributed by atoms with Crippen molar-refractivity contribution in [2.24, 2.45) is 5.92 Å². The Hall–Kier alpha value is -3.11. The van der Waals surface area contributed by atoms with E-state index in [0.29, 0.717) is 37.4 Å². The van der Waals surface area contributed by atoms with Gasteiger partial charge in [-0.3, -0.25) is 9.59 Å². The Bertz CT molecular complexity index is 1160. The average Bonchev–Trinajstić information content (AvgIpc) is 2.82. The van der Waals surface area contributed by atoms with Crippen LogP contribution in [0.5, 0.6) is 11.5 Å². The molecule has 0 bridgehead atoms. The highest BCUT2D eigenvalue weighted by molar-refractivity contribution is 7.89. The van der Waals surface area contributed by atoms with Crippen LogP contribution in [0.25, 0.3) is 0 Å². The lowest BCUT2D eigenvalue weighted by Gasteiger charge is -2.31. The van der Waals surface area contributed by atoms with Gasteiger partial charge in [0.25, 0.3) is 5.91 Å². The SMILES string of the molecule is CC(C)Oc1ccc(CNC(=O)C2CCCN(S(=O)(=O)c3ccc4c(c3)NC(=O)CO4)C2)cc1. The smallest absolute Gasteiger partial charge is 0.262 e. The fraction of sp³-hybridized carbons (Fsp3) is 0.417. The minimum absolute atomic E-state index is 0.0572. The minimum Gasteiger partial charge on any atom is -0.491 e. The van der Waals surface area contributed by atoms with Crippen molar-refractivity contribution in [3.8, 4) is 11.5 Å². The number of nitrogens with zero attached hydrogens (tertiary/aromatic N) is 1. The van der Waals surface area contributed by atoms with Crippen molar-refractivity contribution in [1.82, 2.24) is 9.62 Å². The molecular formula is C24H29N3O6S. The minimum atomic E-state index is -3.83. The van der Waals surface area contributed by atoms with Crippen molar-refractivity contribution in [1.29, 1.82) is 0 Å². The Balaban J connectivity index is 1.38. The molecule has 0 spiro atoms. The summed E-state index contributed by atoms with van der Waals surface area (Å²) in [5, 5.41) is 5.55. The number of sulfonamides is 1. The fourth-order valence-corrected chi connectivity index (χ4v) is 5.59. The predicted octanol–water partition coefficient (Wildman–Crippen LogP) is 2.52. The third-order valence-corrected chi connectivity index (χ3v) is 7.60. The van der Waals surface area contributed by atoms with Gasteiger partial charge in [0.15, 0.2) is 6.61 Å².